The van der Waals surface area contributed by atoms with Crippen molar-refractivity contribution >= 4 is 202 Å². The van der Waals surface area contributed by atoms with Gasteiger partial charge in [0.15, 0.2) is 0 Å². The molecule has 0 radical (unpaired) electrons. The average Bonchev–Trinajstić information content (AvgIpc) is 1.88. The Labute approximate surface area is 748 Å². The van der Waals surface area contributed by atoms with Crippen LogP contribution in [0, 0.1) is 18.6 Å². The topological polar surface area (TPSA) is 405 Å². The monoisotopic (exact) mass is 1880 g/mol. The number of aromatic nitrogens is 1. The minimum Gasteiger partial charge on any atom is -0.322 e. The molecule has 11 aromatic carbocycles. The molecule has 127 heavy (non-hydrogen) atoms. The number of pyridine rings is 1. The number of fused-ring (bicyclic) bond motifs is 1. The first-order valence-corrected chi connectivity index (χ1v) is 45.5. The molecule has 4 saturated heterocycles. The van der Waals surface area contributed by atoms with Gasteiger partial charge in [-0.05, 0) is 194 Å². The van der Waals surface area contributed by atoms with Gasteiger partial charge in [0.05, 0.1) is 82.1 Å². The Bertz CT molecular complexity index is 6310. The van der Waals surface area contributed by atoms with E-state index >= 15 is 0 Å². The quantitative estimate of drug-likeness (QED) is 0.0381. The Morgan fingerprint density at radius 2 is 0.685 bits per heavy atom. The molecular formula is C86H74Cl4F2N16O15S4. The number of hydrogen-bond donors (Lipinski definition) is 10. The van der Waals surface area contributed by atoms with Crippen molar-refractivity contribution in [3.8, 4) is 0 Å². The lowest BCUT2D eigenvalue weighted by Gasteiger charge is -2.18. The van der Waals surface area contributed by atoms with Crippen molar-refractivity contribution in [1.82, 2.24) is 23.5 Å². The predicted molar refractivity (Wildman–Crippen MR) is 488 cm³/mol. The third-order valence-electron chi connectivity index (χ3n) is 19.5. The van der Waals surface area contributed by atoms with Crippen molar-refractivity contribution in [3.63, 3.8) is 0 Å². The number of carbonyl (C=O) groups is 7. The van der Waals surface area contributed by atoms with Crippen LogP contribution < -0.4 is 68.6 Å². The number of nitrogens with one attached hydrogen (secondary N) is 10. The molecule has 31 nitrogen and oxygen atoms in total. The number of aryl methyl sites for hydroxylation is 1. The van der Waals surface area contributed by atoms with Crippen molar-refractivity contribution in [2.24, 2.45) is 0 Å². The molecule has 4 fully saturated rings. The summed E-state index contributed by atoms with van der Waals surface area (Å²) in [5, 5.41) is 20.8. The second-order valence-electron chi connectivity index (χ2n) is 28.1. The Kier molecular flexibility index (Phi) is 28.6. The molecule has 0 atom stereocenters. The molecular weight excluding hydrogens is 1810 g/mol. The summed E-state index contributed by atoms with van der Waals surface area (Å²) in [5.41, 5.74) is 6.55. The number of hydrogen-bond acceptors (Lipinski definition) is 16. The first-order valence-electron chi connectivity index (χ1n) is 38.2. The number of anilines is 11. The number of benzene rings is 11. The first-order chi connectivity index (χ1) is 60.6. The van der Waals surface area contributed by atoms with Crippen LogP contribution in [-0.4, -0.2) is 144 Å². The van der Waals surface area contributed by atoms with Crippen molar-refractivity contribution < 1.29 is 76.0 Å². The summed E-state index contributed by atoms with van der Waals surface area (Å²) >= 11 is 24.9. The predicted octanol–water partition coefficient (Wildman–Crippen LogP) is 14.2. The molecule has 0 bridgehead atoms. The van der Waals surface area contributed by atoms with Crippen LogP contribution in [0.4, 0.5) is 71.3 Å². The van der Waals surface area contributed by atoms with Crippen molar-refractivity contribution in [2.45, 2.75) is 6.92 Å². The van der Waals surface area contributed by atoms with E-state index in [-0.39, 0.29) is 99.3 Å². The van der Waals surface area contributed by atoms with E-state index in [1.165, 1.54) is 86.7 Å². The molecule has 5 heterocycles. The van der Waals surface area contributed by atoms with E-state index in [4.69, 9.17) is 46.4 Å². The maximum Gasteiger partial charge on any atom is 0.303 e. The van der Waals surface area contributed by atoms with Crippen LogP contribution >= 0.6 is 46.4 Å². The van der Waals surface area contributed by atoms with E-state index in [1.54, 1.807) is 159 Å². The number of nitrogens with zero attached hydrogens (tertiary/aromatic N) is 6. The fourth-order valence-electron chi connectivity index (χ4n) is 13.1. The minimum atomic E-state index is -3.71. The third-order valence-corrected chi connectivity index (χ3v) is 27.4. The van der Waals surface area contributed by atoms with Gasteiger partial charge in [0.2, 0.25) is 0 Å². The van der Waals surface area contributed by atoms with Gasteiger partial charge in [0.25, 0.3) is 41.4 Å². The van der Waals surface area contributed by atoms with Gasteiger partial charge in [-0.3, -0.25) is 55.8 Å². The first kappa shape index (κ1) is 91.7. The number of halogens is 6. The smallest absolute Gasteiger partial charge is 0.303 e. The van der Waals surface area contributed by atoms with Gasteiger partial charge in [-0.2, -0.15) is 52.1 Å². The van der Waals surface area contributed by atoms with E-state index in [0.717, 1.165) is 26.1 Å². The van der Waals surface area contributed by atoms with Gasteiger partial charge in [-0.15, -0.1) is 0 Å². The lowest BCUT2D eigenvalue weighted by Crippen LogP contribution is -2.30. The van der Waals surface area contributed by atoms with Crippen LogP contribution in [0.1, 0.15) is 78.1 Å². The van der Waals surface area contributed by atoms with Gasteiger partial charge in [0, 0.05) is 116 Å². The van der Waals surface area contributed by atoms with Gasteiger partial charge in [-0.25, -0.2) is 8.78 Å². The lowest BCUT2D eigenvalue weighted by molar-refractivity contribution is 0.101. The largest absolute Gasteiger partial charge is 0.322 e. The summed E-state index contributed by atoms with van der Waals surface area (Å²) in [6.07, 6.45) is 1.65. The molecule has 0 aliphatic carbocycles. The molecule has 7 amide bonds. The molecule has 12 aromatic rings. The van der Waals surface area contributed by atoms with Gasteiger partial charge < -0.3 is 37.2 Å². The number of rotatable bonds is 18. The molecule has 0 unspecified atom stereocenters. The molecule has 10 N–H and O–H groups in total. The van der Waals surface area contributed by atoms with Crippen LogP contribution in [0.25, 0.3) is 10.9 Å². The maximum absolute atomic E-state index is 14.6. The van der Waals surface area contributed by atoms with Crippen LogP contribution in [0.5, 0.6) is 0 Å². The van der Waals surface area contributed by atoms with E-state index in [2.05, 4.69) is 56.4 Å². The summed E-state index contributed by atoms with van der Waals surface area (Å²) < 4.78 is 139. The molecule has 4 aliphatic heterocycles. The standard InChI is InChI=1S/C23H21ClN4O4S.C22H18Cl2N4O4S.C22H18ClFN4O4S.C19H17FN4O3S/c1-15-13-18(28-12-11-25-33(28,31)32)8-9-19(15)23(30)26-17-7-10-20(24)21(14-17)27-22(29)16-5-3-2-4-6-16;2*23-18-9-6-15(12-20(18)27-21(29)14-4-2-1-3-5-14)26-22(30)17-8-7-16(13-19(17)24)28-11-10-25-33(28,31)32;1-23-9-10-24(28(23,26)27)15-6-7-16(17(20)12-15)19(25)22-14-5-4-13-3-2-8-21-18(13)11-14/h2-10,13-14,25H,11-12H2,1H3,(H,26,30)(H,27,29);2*1-9,12-13,25H,10-11H2,(H,26,30)(H,27,29);2-8,11-12H,9-10H2,1H3,(H,22,25). The molecule has 1 aromatic heterocycles. The zero-order valence-electron chi connectivity index (χ0n) is 66.6. The number of likely N-dealkylation sites (N-methyl/N-ethyl adjacent to an activating group) is 1. The SMILES string of the molecule is CN1CCN(c2ccc(C(=O)Nc3ccc4cccnc4c3)c(F)c2)S1(=O)=O.Cc1cc(N2CCNS2(=O)=O)ccc1C(=O)Nc1ccc(Cl)c(NC(=O)c2ccccc2)c1.O=C(Nc1cc(NC(=O)c2ccc(N3CCNS3(=O)=O)cc2Cl)ccc1Cl)c1ccccc1.O=C(Nc1cc(NC(=O)c2ccc(N3CCNS3(=O)=O)cc2F)ccc1Cl)c1ccccc1. The van der Waals surface area contributed by atoms with Gasteiger partial charge >= 0.3 is 40.8 Å². The molecule has 0 spiro atoms. The highest BCUT2D eigenvalue weighted by Gasteiger charge is 2.36. The average molecular weight is 1880 g/mol. The summed E-state index contributed by atoms with van der Waals surface area (Å²) in [5.74, 6) is -4.96. The fourth-order valence-corrected chi connectivity index (χ4v) is 18.9. The highest BCUT2D eigenvalue weighted by molar-refractivity contribution is 7.92. The molecule has 0 saturated carbocycles. The van der Waals surface area contributed by atoms with Crippen molar-refractivity contribution in [2.75, 3.05) is 114 Å². The summed E-state index contributed by atoms with van der Waals surface area (Å²) in [6.45, 7) is 3.90. The highest BCUT2D eigenvalue weighted by Crippen LogP contribution is 2.35. The van der Waals surface area contributed by atoms with E-state index in [1.807, 2.05) is 24.3 Å². The van der Waals surface area contributed by atoms with Crippen LogP contribution in [0.15, 0.2) is 255 Å². The van der Waals surface area contributed by atoms with E-state index in [9.17, 15) is 76.0 Å². The molecule has 4 aliphatic rings. The van der Waals surface area contributed by atoms with Crippen LogP contribution in [-0.2, 0) is 40.8 Å². The highest BCUT2D eigenvalue weighted by atomic mass is 35.5. The second-order valence-corrected chi connectivity index (χ2v) is 36.7. The van der Waals surface area contributed by atoms with Crippen molar-refractivity contribution in [3.05, 3.63) is 331 Å². The molecule has 41 heteroatoms. The van der Waals surface area contributed by atoms with Crippen molar-refractivity contribution in [1.29, 1.82) is 0 Å². The fraction of sp³-hybridized carbons (Fsp3) is 0.116. The molecule has 16 rings (SSSR count). The Morgan fingerprint density at radius 3 is 1.05 bits per heavy atom. The zero-order chi connectivity index (χ0) is 90.7. The third kappa shape index (κ3) is 22.3. The normalized spacial score (nSPS) is 15.1. The Balaban J connectivity index is 0.000000145. The second kappa shape index (κ2) is 39.7. The number of amides is 7. The zero-order valence-corrected chi connectivity index (χ0v) is 72.9. The summed E-state index contributed by atoms with van der Waals surface area (Å²) in [4.78, 5) is 92.2. The van der Waals surface area contributed by atoms with Gasteiger partial charge in [0.1, 0.15) is 11.6 Å². The summed E-state index contributed by atoms with van der Waals surface area (Å²) in [6, 6.07) is 65.3. The summed E-state index contributed by atoms with van der Waals surface area (Å²) in [7, 11) is -13.0. The van der Waals surface area contributed by atoms with E-state index < -0.39 is 70.2 Å². The van der Waals surface area contributed by atoms with E-state index in [0.29, 0.717) is 109 Å². The Hall–Kier alpha value is -13.0. The lowest BCUT2D eigenvalue weighted by atomic mass is 10.1. The van der Waals surface area contributed by atoms with Crippen LogP contribution in [0.2, 0.25) is 20.1 Å². The minimum absolute atomic E-state index is 0.0960. The number of carbonyl (C=O) groups excluding carboxylic acids is 7. The van der Waals surface area contributed by atoms with Crippen LogP contribution in [0.3, 0.4) is 0 Å². The molecule has 654 valence electrons. The Morgan fingerprint density at radius 1 is 0.339 bits per heavy atom. The van der Waals surface area contributed by atoms with Gasteiger partial charge in [-0.1, -0.05) is 113 Å². The maximum atomic E-state index is 14.6.